The van der Waals surface area contributed by atoms with E-state index in [1.807, 2.05) is 19.3 Å². The molecule has 0 aromatic carbocycles. The topological polar surface area (TPSA) is 26.0 Å². The van der Waals surface area contributed by atoms with E-state index in [1.54, 1.807) is 0 Å². The first-order valence-corrected chi connectivity index (χ1v) is 4.86. The lowest BCUT2D eigenvalue weighted by Crippen LogP contribution is -3.06. The Balaban J connectivity index is 0.000000385. The van der Waals surface area contributed by atoms with Gasteiger partial charge in [-0.05, 0) is 6.92 Å². The third-order valence-electron chi connectivity index (χ3n) is 1.70. The molecular formula is C8H15BF4N2O. The highest BCUT2D eigenvalue weighted by molar-refractivity contribution is 6.50. The average Bonchev–Trinajstić information content (AvgIpc) is 2.49. The number of hydrogen-bond donors (Lipinski definition) is 1. The quantitative estimate of drug-likeness (QED) is 0.446. The zero-order valence-corrected chi connectivity index (χ0v) is 9.22. The van der Waals surface area contributed by atoms with Gasteiger partial charge >= 0.3 is 7.25 Å². The Morgan fingerprint density at radius 1 is 1.38 bits per heavy atom. The lowest BCUT2D eigenvalue weighted by Gasteiger charge is -2.05. The van der Waals surface area contributed by atoms with Crippen LogP contribution in [0, 0.1) is 0 Å². The van der Waals surface area contributed by atoms with Gasteiger partial charge in [-0.15, -0.1) is 0 Å². The molecule has 0 aromatic rings. The minimum Gasteiger partial charge on any atom is -0.418 e. The highest BCUT2D eigenvalue weighted by Crippen LogP contribution is 2.06. The van der Waals surface area contributed by atoms with Gasteiger partial charge < -0.3 is 22.0 Å². The summed E-state index contributed by atoms with van der Waals surface area (Å²) < 4.78 is 44.2. The van der Waals surface area contributed by atoms with Crippen LogP contribution in [-0.2, 0) is 4.74 Å². The highest BCUT2D eigenvalue weighted by atomic mass is 19.5. The molecule has 8 heteroatoms. The molecule has 0 saturated carbocycles. The Morgan fingerprint density at radius 3 is 2.31 bits per heavy atom. The van der Waals surface area contributed by atoms with Gasteiger partial charge in [0.15, 0.2) is 0 Å². The molecule has 16 heavy (non-hydrogen) atoms. The van der Waals surface area contributed by atoms with Crippen LogP contribution in [-0.4, -0.2) is 33.4 Å². The van der Waals surface area contributed by atoms with Crippen molar-refractivity contribution in [2.45, 2.75) is 13.3 Å². The van der Waals surface area contributed by atoms with Crippen molar-refractivity contribution in [3.63, 3.8) is 0 Å². The van der Waals surface area contributed by atoms with E-state index in [4.69, 9.17) is 4.74 Å². The molecule has 1 heterocycles. The first-order valence-electron chi connectivity index (χ1n) is 4.86. The molecule has 0 fully saturated rings. The second kappa shape index (κ2) is 7.40. The Hall–Kier alpha value is -0.885. The van der Waals surface area contributed by atoms with Gasteiger partial charge in [-0.2, -0.15) is 0 Å². The summed E-state index contributed by atoms with van der Waals surface area (Å²) in [5.74, 6) is 1.17. The van der Waals surface area contributed by atoms with Gasteiger partial charge in [0, 0.05) is 6.61 Å². The van der Waals surface area contributed by atoms with E-state index < -0.39 is 7.25 Å². The van der Waals surface area contributed by atoms with Crippen molar-refractivity contribution < 1.29 is 26.9 Å². The van der Waals surface area contributed by atoms with E-state index in [-0.39, 0.29) is 0 Å². The van der Waals surface area contributed by atoms with Crippen LogP contribution in [0.2, 0.25) is 0 Å². The highest BCUT2D eigenvalue weighted by Gasteiger charge is 2.20. The number of amidine groups is 1. The minimum atomic E-state index is -6.00. The molecule has 0 amide bonds. The van der Waals surface area contributed by atoms with Crippen LogP contribution >= 0.6 is 0 Å². The number of quaternary nitrogens is 1. The van der Waals surface area contributed by atoms with Crippen molar-refractivity contribution >= 4 is 13.1 Å². The van der Waals surface area contributed by atoms with E-state index in [0.29, 0.717) is 0 Å². The van der Waals surface area contributed by atoms with E-state index in [2.05, 4.69) is 12.0 Å². The van der Waals surface area contributed by atoms with Gasteiger partial charge in [-0.25, -0.2) is 4.99 Å². The standard InChI is InChI=1S/C8H14N2O.BF4/c1-3-11-7-4-8-9-5-6-10(8)2;2-1(3,4)5/h5-6H,3-4,7H2,1-2H3;/q;-1/p+1. The molecule has 1 N–H and O–H groups in total. The maximum absolute atomic E-state index is 9.75. The summed E-state index contributed by atoms with van der Waals surface area (Å²) in [4.78, 5) is 5.48. The SMILES string of the molecule is CCOCCC1=NC=C[NH+]1C.F[B-](F)(F)F. The van der Waals surface area contributed by atoms with Crippen LogP contribution in [0.4, 0.5) is 17.3 Å². The van der Waals surface area contributed by atoms with Crippen LogP contribution in [0.3, 0.4) is 0 Å². The molecule has 1 atom stereocenters. The number of halogens is 4. The normalized spacial score (nSPS) is 19.1. The molecule has 0 radical (unpaired) electrons. The molecular weight excluding hydrogens is 227 g/mol. The Labute approximate surface area is 91.9 Å². The average molecular weight is 242 g/mol. The summed E-state index contributed by atoms with van der Waals surface area (Å²) in [6.07, 6.45) is 4.81. The molecule has 1 unspecified atom stereocenters. The fourth-order valence-electron chi connectivity index (χ4n) is 1.01. The summed E-state index contributed by atoms with van der Waals surface area (Å²) in [6, 6.07) is 0. The summed E-state index contributed by atoms with van der Waals surface area (Å²) in [5, 5.41) is 0. The molecule has 0 spiro atoms. The van der Waals surface area contributed by atoms with Crippen molar-refractivity contribution in [3.05, 3.63) is 12.4 Å². The predicted molar refractivity (Wildman–Crippen MR) is 54.8 cm³/mol. The summed E-state index contributed by atoms with van der Waals surface area (Å²) >= 11 is 0. The largest absolute Gasteiger partial charge is 0.673 e. The molecule has 0 aromatic heterocycles. The fraction of sp³-hybridized carbons (Fsp3) is 0.625. The van der Waals surface area contributed by atoms with E-state index in [0.717, 1.165) is 19.6 Å². The molecule has 1 aliphatic heterocycles. The molecule has 0 bridgehead atoms. The van der Waals surface area contributed by atoms with Crippen LogP contribution in [0.1, 0.15) is 13.3 Å². The van der Waals surface area contributed by atoms with Crippen LogP contribution < -0.4 is 4.90 Å². The van der Waals surface area contributed by atoms with Crippen LogP contribution in [0.15, 0.2) is 17.4 Å². The number of nitrogens with zero attached hydrogens (tertiary/aromatic N) is 1. The number of ether oxygens (including phenoxy) is 1. The van der Waals surface area contributed by atoms with E-state index >= 15 is 0 Å². The zero-order valence-electron chi connectivity index (χ0n) is 9.22. The molecule has 3 nitrogen and oxygen atoms in total. The molecule has 1 aliphatic rings. The minimum absolute atomic E-state index is 0.786. The summed E-state index contributed by atoms with van der Waals surface area (Å²) in [5.41, 5.74) is 0. The van der Waals surface area contributed by atoms with Crippen LogP contribution in [0.5, 0.6) is 0 Å². The second-order valence-electron chi connectivity index (χ2n) is 3.02. The Bertz CT molecular complexity index is 249. The van der Waals surface area contributed by atoms with Gasteiger partial charge in [0.1, 0.15) is 6.20 Å². The monoisotopic (exact) mass is 242 g/mol. The van der Waals surface area contributed by atoms with Gasteiger partial charge in [-0.1, -0.05) is 0 Å². The van der Waals surface area contributed by atoms with Gasteiger partial charge in [-0.3, -0.25) is 4.90 Å². The third-order valence-corrected chi connectivity index (χ3v) is 1.70. The van der Waals surface area contributed by atoms with E-state index in [1.165, 1.54) is 10.7 Å². The summed E-state index contributed by atoms with van der Waals surface area (Å²) in [7, 11) is -3.92. The predicted octanol–water partition coefficient (Wildman–Crippen LogP) is 1.11. The number of aliphatic imine (C=N–C) groups is 1. The van der Waals surface area contributed by atoms with Crippen molar-refractivity contribution in [1.29, 1.82) is 0 Å². The molecule has 1 rings (SSSR count). The van der Waals surface area contributed by atoms with Crippen molar-refractivity contribution in [3.8, 4) is 0 Å². The smallest absolute Gasteiger partial charge is 0.418 e. The zero-order chi connectivity index (χ0) is 12.6. The van der Waals surface area contributed by atoms with E-state index in [9.17, 15) is 17.3 Å². The van der Waals surface area contributed by atoms with Crippen molar-refractivity contribution in [1.82, 2.24) is 0 Å². The molecule has 0 aliphatic carbocycles. The third kappa shape index (κ3) is 9.66. The fourth-order valence-corrected chi connectivity index (χ4v) is 1.01. The Morgan fingerprint density at radius 2 is 1.94 bits per heavy atom. The second-order valence-corrected chi connectivity index (χ2v) is 3.02. The summed E-state index contributed by atoms with van der Waals surface area (Å²) in [6.45, 7) is 3.58. The van der Waals surface area contributed by atoms with Gasteiger partial charge in [0.2, 0.25) is 5.84 Å². The first-order chi connectivity index (χ1) is 7.34. The number of rotatable bonds is 4. The van der Waals surface area contributed by atoms with Crippen molar-refractivity contribution in [2.24, 2.45) is 4.99 Å². The van der Waals surface area contributed by atoms with Gasteiger partial charge in [0.25, 0.3) is 0 Å². The number of nitrogens with one attached hydrogen (secondary N) is 1. The molecule has 0 saturated heterocycles. The van der Waals surface area contributed by atoms with Crippen molar-refractivity contribution in [2.75, 3.05) is 20.3 Å². The lowest BCUT2D eigenvalue weighted by atomic mass is 10.3. The molecule has 94 valence electrons. The first kappa shape index (κ1) is 15.1. The Kier molecular flexibility index (Phi) is 6.99. The number of hydrogen-bond acceptors (Lipinski definition) is 2. The maximum Gasteiger partial charge on any atom is 0.673 e. The lowest BCUT2D eigenvalue weighted by molar-refractivity contribution is -0.719. The maximum atomic E-state index is 9.75. The van der Waals surface area contributed by atoms with Gasteiger partial charge in [0.05, 0.1) is 26.3 Å². The van der Waals surface area contributed by atoms with Crippen LogP contribution in [0.25, 0.3) is 0 Å².